The molecule has 0 aliphatic heterocycles. The van der Waals surface area contributed by atoms with Crippen molar-refractivity contribution in [3.8, 4) is 0 Å². The number of imidazole rings is 1. The lowest BCUT2D eigenvalue weighted by Crippen LogP contribution is -2.29. The number of carboxylic acids is 1. The molecular weight excluding hydrogens is 426 g/mol. The molecule has 0 amide bonds. The summed E-state index contributed by atoms with van der Waals surface area (Å²) < 4.78 is 5.55. The van der Waals surface area contributed by atoms with Crippen molar-refractivity contribution in [3.63, 3.8) is 0 Å². The molecule has 0 aliphatic carbocycles. The van der Waals surface area contributed by atoms with E-state index in [1.165, 1.54) is 5.56 Å². The molecule has 0 saturated carbocycles. The Labute approximate surface area is 191 Å². The van der Waals surface area contributed by atoms with E-state index in [0.717, 1.165) is 39.6 Å². The van der Waals surface area contributed by atoms with Crippen LogP contribution in [0.2, 0.25) is 5.02 Å². The van der Waals surface area contributed by atoms with E-state index in [1.807, 2.05) is 50.4 Å². The van der Waals surface area contributed by atoms with Crippen LogP contribution in [0.4, 0.5) is 0 Å². The number of halogens is 1. The number of carboxylic acid groups (broad SMARTS) is 1. The Morgan fingerprint density at radius 3 is 2.50 bits per heavy atom. The second-order valence-corrected chi connectivity index (χ2v) is 8.93. The van der Waals surface area contributed by atoms with Crippen molar-refractivity contribution in [2.24, 2.45) is 7.05 Å². The summed E-state index contributed by atoms with van der Waals surface area (Å²) in [6.07, 6.45) is 1.33. The fourth-order valence-electron chi connectivity index (χ4n) is 4.84. The number of fused-ring (bicyclic) bond motifs is 2. The fraction of sp³-hybridized carbons (Fsp3) is 0.360. The molecule has 2 aromatic carbocycles. The zero-order chi connectivity index (χ0) is 23.2. The number of aromatic nitrogens is 3. The van der Waals surface area contributed by atoms with E-state index >= 15 is 0 Å². The average Bonchev–Trinajstić information content (AvgIpc) is 3.13. The van der Waals surface area contributed by atoms with Crippen LogP contribution in [-0.2, 0) is 18.4 Å². The zero-order valence-corrected chi connectivity index (χ0v) is 19.6. The van der Waals surface area contributed by atoms with E-state index in [9.17, 15) is 14.7 Å². The summed E-state index contributed by atoms with van der Waals surface area (Å²) in [4.78, 5) is 25.2. The van der Waals surface area contributed by atoms with E-state index in [1.54, 1.807) is 9.13 Å². The molecule has 0 spiro atoms. The van der Waals surface area contributed by atoms with Crippen molar-refractivity contribution >= 4 is 39.5 Å². The largest absolute Gasteiger partial charge is 0.481 e. The second kappa shape index (κ2) is 8.51. The van der Waals surface area contributed by atoms with Gasteiger partial charge in [-0.3, -0.25) is 13.9 Å². The third-order valence-corrected chi connectivity index (χ3v) is 6.75. The van der Waals surface area contributed by atoms with Crippen molar-refractivity contribution in [1.29, 1.82) is 0 Å². The first kappa shape index (κ1) is 22.2. The SMILES string of the molecule is CCCC(CC(=O)O)n1c(=O)n(Cc2cc(Cl)cc3c(C)c(C)n(C)c23)c2ccccc21. The first-order valence-electron chi connectivity index (χ1n) is 10.9. The number of benzene rings is 2. The van der Waals surface area contributed by atoms with Gasteiger partial charge in [0.2, 0.25) is 0 Å². The molecule has 0 radical (unpaired) electrons. The summed E-state index contributed by atoms with van der Waals surface area (Å²) >= 11 is 6.47. The molecule has 0 bridgehead atoms. The topological polar surface area (TPSA) is 69.2 Å². The third kappa shape index (κ3) is 3.62. The van der Waals surface area contributed by atoms with Crippen LogP contribution >= 0.6 is 11.6 Å². The molecule has 2 aromatic heterocycles. The van der Waals surface area contributed by atoms with Gasteiger partial charge in [-0.05, 0) is 55.7 Å². The monoisotopic (exact) mass is 453 g/mol. The molecule has 4 aromatic rings. The Morgan fingerprint density at radius 1 is 1.16 bits per heavy atom. The Balaban J connectivity index is 1.94. The van der Waals surface area contributed by atoms with E-state index in [-0.39, 0.29) is 12.1 Å². The van der Waals surface area contributed by atoms with Crippen LogP contribution in [0.3, 0.4) is 0 Å². The van der Waals surface area contributed by atoms with Gasteiger partial charge in [-0.1, -0.05) is 37.1 Å². The van der Waals surface area contributed by atoms with Crippen molar-refractivity contribution in [2.45, 2.75) is 52.6 Å². The van der Waals surface area contributed by atoms with E-state index in [0.29, 0.717) is 18.0 Å². The lowest BCUT2D eigenvalue weighted by molar-refractivity contribution is -0.137. The summed E-state index contributed by atoms with van der Waals surface area (Å²) in [5, 5.41) is 11.2. The quantitative estimate of drug-likeness (QED) is 0.405. The minimum atomic E-state index is -0.904. The number of aryl methyl sites for hydroxylation is 2. The molecule has 0 saturated heterocycles. The van der Waals surface area contributed by atoms with Crippen LogP contribution < -0.4 is 5.69 Å². The number of aliphatic carboxylic acids is 1. The van der Waals surface area contributed by atoms with Gasteiger partial charge < -0.3 is 9.67 Å². The predicted octanol–water partition coefficient (Wildman–Crippen LogP) is 5.43. The van der Waals surface area contributed by atoms with E-state index in [2.05, 4.69) is 18.4 Å². The van der Waals surface area contributed by atoms with Crippen molar-refractivity contribution in [3.05, 3.63) is 68.7 Å². The van der Waals surface area contributed by atoms with Crippen LogP contribution in [-0.4, -0.2) is 24.8 Å². The first-order valence-corrected chi connectivity index (χ1v) is 11.3. The van der Waals surface area contributed by atoms with Gasteiger partial charge in [-0.2, -0.15) is 0 Å². The van der Waals surface area contributed by atoms with Gasteiger partial charge in [0, 0.05) is 29.2 Å². The van der Waals surface area contributed by atoms with Gasteiger partial charge in [0.25, 0.3) is 0 Å². The molecule has 2 heterocycles. The molecule has 4 rings (SSSR count). The van der Waals surface area contributed by atoms with Crippen LogP contribution in [0, 0.1) is 13.8 Å². The first-order chi connectivity index (χ1) is 15.2. The summed E-state index contributed by atoms with van der Waals surface area (Å²) in [5.74, 6) is -0.904. The Bertz CT molecular complexity index is 1390. The molecule has 7 heteroatoms. The van der Waals surface area contributed by atoms with Crippen molar-refractivity contribution in [2.75, 3.05) is 0 Å². The molecule has 0 aliphatic rings. The molecule has 1 unspecified atom stereocenters. The maximum atomic E-state index is 13.7. The lowest BCUT2D eigenvalue weighted by Gasteiger charge is -2.16. The summed E-state index contributed by atoms with van der Waals surface area (Å²) in [6.45, 7) is 6.51. The Kier molecular flexibility index (Phi) is 5.91. The highest BCUT2D eigenvalue weighted by atomic mass is 35.5. The maximum Gasteiger partial charge on any atom is 0.329 e. The van der Waals surface area contributed by atoms with Gasteiger partial charge in [0.15, 0.2) is 0 Å². The Morgan fingerprint density at radius 2 is 1.84 bits per heavy atom. The van der Waals surface area contributed by atoms with Crippen LogP contribution in [0.5, 0.6) is 0 Å². The second-order valence-electron chi connectivity index (χ2n) is 8.50. The number of para-hydroxylation sites is 2. The standard InChI is InChI=1S/C25H28ClN3O3/c1-5-8-19(13-23(30)31)29-22-10-7-6-9-21(22)28(25(29)32)14-17-11-18(26)12-20-15(2)16(3)27(4)24(17)20/h6-7,9-12,19H,5,8,13-14H2,1-4H3,(H,30,31). The number of nitrogens with zero attached hydrogens (tertiary/aromatic N) is 3. The van der Waals surface area contributed by atoms with Gasteiger partial charge in [-0.25, -0.2) is 4.79 Å². The molecule has 168 valence electrons. The Hall–Kier alpha value is -2.99. The molecule has 1 atom stereocenters. The average molecular weight is 454 g/mol. The van der Waals surface area contributed by atoms with E-state index < -0.39 is 12.0 Å². The van der Waals surface area contributed by atoms with Gasteiger partial charge >= 0.3 is 11.7 Å². The van der Waals surface area contributed by atoms with Gasteiger partial charge in [0.05, 0.1) is 29.5 Å². The highest BCUT2D eigenvalue weighted by Gasteiger charge is 2.23. The highest BCUT2D eigenvalue weighted by Crippen LogP contribution is 2.31. The molecular formula is C25H28ClN3O3. The van der Waals surface area contributed by atoms with Crippen molar-refractivity contribution < 1.29 is 9.90 Å². The predicted molar refractivity (Wildman–Crippen MR) is 129 cm³/mol. The van der Waals surface area contributed by atoms with Crippen molar-refractivity contribution in [1.82, 2.24) is 13.7 Å². The molecule has 1 N–H and O–H groups in total. The van der Waals surface area contributed by atoms with Gasteiger partial charge in [0.1, 0.15) is 0 Å². The zero-order valence-electron chi connectivity index (χ0n) is 18.9. The normalized spacial score (nSPS) is 12.7. The summed E-state index contributed by atoms with van der Waals surface area (Å²) in [5.41, 5.74) is 5.70. The maximum absolute atomic E-state index is 13.7. The fourth-order valence-corrected chi connectivity index (χ4v) is 5.08. The van der Waals surface area contributed by atoms with Crippen LogP contribution in [0.1, 0.15) is 49.0 Å². The number of hydrogen-bond donors (Lipinski definition) is 1. The molecule has 6 nitrogen and oxygen atoms in total. The number of rotatable bonds is 7. The number of hydrogen-bond acceptors (Lipinski definition) is 2. The van der Waals surface area contributed by atoms with Crippen LogP contribution in [0.15, 0.2) is 41.2 Å². The van der Waals surface area contributed by atoms with E-state index in [4.69, 9.17) is 11.6 Å². The summed E-state index contributed by atoms with van der Waals surface area (Å²) in [6, 6.07) is 11.1. The minimum absolute atomic E-state index is 0.0840. The smallest absolute Gasteiger partial charge is 0.329 e. The van der Waals surface area contributed by atoms with Gasteiger partial charge in [-0.15, -0.1) is 0 Å². The minimum Gasteiger partial charge on any atom is -0.481 e. The highest BCUT2D eigenvalue weighted by molar-refractivity contribution is 6.31. The third-order valence-electron chi connectivity index (χ3n) is 6.53. The molecule has 0 fully saturated rings. The number of carbonyl (C=O) groups is 1. The van der Waals surface area contributed by atoms with Crippen LogP contribution in [0.25, 0.3) is 21.9 Å². The molecule has 32 heavy (non-hydrogen) atoms. The lowest BCUT2D eigenvalue weighted by atomic mass is 10.1. The summed E-state index contributed by atoms with van der Waals surface area (Å²) in [7, 11) is 2.03.